The van der Waals surface area contributed by atoms with E-state index in [1.54, 1.807) is 0 Å². The first-order chi connectivity index (χ1) is 9.79. The van der Waals surface area contributed by atoms with Crippen molar-refractivity contribution in [2.45, 2.75) is 12.5 Å². The maximum atomic E-state index is 11.6. The topological polar surface area (TPSA) is 38.3 Å². The fourth-order valence-corrected chi connectivity index (χ4v) is 2.75. The molecule has 0 bridgehead atoms. The molecule has 0 radical (unpaired) electrons. The summed E-state index contributed by atoms with van der Waals surface area (Å²) in [5, 5.41) is 3.54. The van der Waals surface area contributed by atoms with Crippen molar-refractivity contribution in [1.82, 2.24) is 5.32 Å². The van der Waals surface area contributed by atoms with Gasteiger partial charge in [0.1, 0.15) is 0 Å². The molecule has 3 nitrogen and oxygen atoms in total. The van der Waals surface area contributed by atoms with Gasteiger partial charge in [0.2, 0.25) is 0 Å². The minimum Gasteiger partial charge on any atom is -0.465 e. The molecule has 0 saturated carbocycles. The molecule has 0 aromatic heterocycles. The van der Waals surface area contributed by atoms with Gasteiger partial charge in [-0.25, -0.2) is 4.79 Å². The van der Waals surface area contributed by atoms with Crippen LogP contribution in [0.15, 0.2) is 48.5 Å². The second kappa shape index (κ2) is 5.47. The highest BCUT2D eigenvalue weighted by atomic mass is 16.5. The molecule has 1 aliphatic heterocycles. The number of fused-ring (bicyclic) bond motifs is 1. The molecule has 20 heavy (non-hydrogen) atoms. The zero-order valence-corrected chi connectivity index (χ0v) is 11.4. The van der Waals surface area contributed by atoms with E-state index in [-0.39, 0.29) is 12.0 Å². The van der Waals surface area contributed by atoms with Crippen molar-refractivity contribution in [3.63, 3.8) is 0 Å². The largest absolute Gasteiger partial charge is 0.465 e. The predicted octanol–water partition coefficient (Wildman–Crippen LogP) is 2.71. The van der Waals surface area contributed by atoms with Gasteiger partial charge in [-0.3, -0.25) is 0 Å². The van der Waals surface area contributed by atoms with Crippen molar-refractivity contribution < 1.29 is 9.53 Å². The van der Waals surface area contributed by atoms with Crippen molar-refractivity contribution in [3.8, 4) is 0 Å². The second-order valence-electron chi connectivity index (χ2n) is 4.95. The van der Waals surface area contributed by atoms with E-state index >= 15 is 0 Å². The van der Waals surface area contributed by atoms with Crippen molar-refractivity contribution in [3.05, 3.63) is 70.8 Å². The Morgan fingerprint density at radius 1 is 1.20 bits per heavy atom. The van der Waals surface area contributed by atoms with E-state index in [1.165, 1.54) is 23.8 Å². The third kappa shape index (κ3) is 2.32. The van der Waals surface area contributed by atoms with Crippen molar-refractivity contribution in [2.75, 3.05) is 13.7 Å². The van der Waals surface area contributed by atoms with Crippen LogP contribution >= 0.6 is 0 Å². The number of methoxy groups -OCH3 is 1. The van der Waals surface area contributed by atoms with Crippen LogP contribution in [0.1, 0.15) is 33.1 Å². The van der Waals surface area contributed by atoms with Crippen molar-refractivity contribution in [1.29, 1.82) is 0 Å². The van der Waals surface area contributed by atoms with Gasteiger partial charge in [0.05, 0.1) is 18.7 Å². The molecule has 0 amide bonds. The SMILES string of the molecule is COC(=O)c1ccc2c(c1)CCN[C@@H]2c1ccccc1. The van der Waals surface area contributed by atoms with E-state index in [9.17, 15) is 4.79 Å². The van der Waals surface area contributed by atoms with Crippen LogP contribution in [0.5, 0.6) is 0 Å². The van der Waals surface area contributed by atoms with Gasteiger partial charge in [-0.1, -0.05) is 36.4 Å². The Morgan fingerprint density at radius 2 is 2.00 bits per heavy atom. The highest BCUT2D eigenvalue weighted by Crippen LogP contribution is 2.29. The predicted molar refractivity (Wildman–Crippen MR) is 77.8 cm³/mol. The molecule has 2 aromatic rings. The van der Waals surface area contributed by atoms with Crippen LogP contribution in [0.3, 0.4) is 0 Å². The van der Waals surface area contributed by atoms with Crippen molar-refractivity contribution in [2.24, 2.45) is 0 Å². The summed E-state index contributed by atoms with van der Waals surface area (Å²) in [6.07, 6.45) is 0.934. The first-order valence-electron chi connectivity index (χ1n) is 6.79. The van der Waals surface area contributed by atoms with Crippen molar-refractivity contribution >= 4 is 5.97 Å². The van der Waals surface area contributed by atoms with E-state index < -0.39 is 0 Å². The van der Waals surface area contributed by atoms with Gasteiger partial charge in [0, 0.05) is 6.54 Å². The van der Waals surface area contributed by atoms with Crippen LogP contribution in [0.25, 0.3) is 0 Å². The molecule has 1 N–H and O–H groups in total. The molecule has 0 aliphatic carbocycles. The van der Waals surface area contributed by atoms with Gasteiger partial charge < -0.3 is 10.1 Å². The zero-order chi connectivity index (χ0) is 13.9. The Bertz CT molecular complexity index is 622. The average molecular weight is 267 g/mol. The zero-order valence-electron chi connectivity index (χ0n) is 11.4. The Labute approximate surface area is 118 Å². The molecule has 1 aliphatic rings. The Kier molecular flexibility index (Phi) is 3.52. The third-order valence-corrected chi connectivity index (χ3v) is 3.75. The molecular formula is C17H17NO2. The third-order valence-electron chi connectivity index (χ3n) is 3.75. The maximum Gasteiger partial charge on any atom is 0.337 e. The highest BCUT2D eigenvalue weighted by Gasteiger charge is 2.22. The molecule has 3 heteroatoms. The van der Waals surface area contributed by atoms with E-state index in [1.807, 2.05) is 36.4 Å². The van der Waals surface area contributed by atoms with Crippen LogP contribution in [-0.4, -0.2) is 19.6 Å². The standard InChI is InChI=1S/C17H17NO2/c1-20-17(19)14-7-8-15-13(11-14)9-10-18-16(15)12-5-3-2-4-6-12/h2-8,11,16,18H,9-10H2,1H3/t16-/m1/s1. The number of hydrogen-bond acceptors (Lipinski definition) is 3. The lowest BCUT2D eigenvalue weighted by molar-refractivity contribution is 0.0600. The molecule has 0 saturated heterocycles. The van der Waals surface area contributed by atoms with E-state index in [0.717, 1.165) is 13.0 Å². The normalized spacial score (nSPS) is 17.4. The summed E-state index contributed by atoms with van der Waals surface area (Å²) in [6, 6.07) is 16.4. The molecule has 3 rings (SSSR count). The van der Waals surface area contributed by atoms with E-state index in [4.69, 9.17) is 4.74 Å². The summed E-state index contributed by atoms with van der Waals surface area (Å²) < 4.78 is 4.78. The smallest absolute Gasteiger partial charge is 0.337 e. The molecule has 1 atom stereocenters. The minimum atomic E-state index is -0.275. The number of carbonyl (C=O) groups excluding carboxylic acids is 1. The quantitative estimate of drug-likeness (QED) is 0.850. The van der Waals surface area contributed by atoms with Crippen LogP contribution in [0.2, 0.25) is 0 Å². The van der Waals surface area contributed by atoms with Gasteiger partial charge in [-0.2, -0.15) is 0 Å². The number of nitrogens with one attached hydrogen (secondary N) is 1. The van der Waals surface area contributed by atoms with Gasteiger partial charge >= 0.3 is 5.97 Å². The molecule has 2 aromatic carbocycles. The molecular weight excluding hydrogens is 250 g/mol. The van der Waals surface area contributed by atoms with Crippen LogP contribution in [-0.2, 0) is 11.2 Å². The van der Waals surface area contributed by atoms with Gasteiger partial charge in [-0.05, 0) is 35.2 Å². The number of ether oxygens (including phenoxy) is 1. The molecule has 0 spiro atoms. The number of hydrogen-bond donors (Lipinski definition) is 1. The summed E-state index contributed by atoms with van der Waals surface area (Å²) in [6.45, 7) is 0.914. The van der Waals surface area contributed by atoms with Crippen LogP contribution in [0, 0.1) is 0 Å². The fraction of sp³-hybridized carbons (Fsp3) is 0.235. The molecule has 0 fully saturated rings. The minimum absolute atomic E-state index is 0.201. The highest BCUT2D eigenvalue weighted by molar-refractivity contribution is 5.89. The maximum absolute atomic E-state index is 11.6. The number of benzene rings is 2. The van der Waals surface area contributed by atoms with Gasteiger partial charge in [-0.15, -0.1) is 0 Å². The lowest BCUT2D eigenvalue weighted by Crippen LogP contribution is -2.30. The average Bonchev–Trinajstić information content (AvgIpc) is 2.53. The number of rotatable bonds is 2. The lowest BCUT2D eigenvalue weighted by Gasteiger charge is -2.27. The summed E-state index contributed by atoms with van der Waals surface area (Å²) in [7, 11) is 1.41. The Balaban J connectivity index is 2.00. The summed E-state index contributed by atoms with van der Waals surface area (Å²) >= 11 is 0. The van der Waals surface area contributed by atoms with E-state index in [0.29, 0.717) is 5.56 Å². The Hall–Kier alpha value is -2.13. The molecule has 1 heterocycles. The number of carbonyl (C=O) groups is 1. The second-order valence-corrected chi connectivity index (χ2v) is 4.95. The fourth-order valence-electron chi connectivity index (χ4n) is 2.75. The lowest BCUT2D eigenvalue weighted by atomic mass is 9.89. The van der Waals surface area contributed by atoms with E-state index in [2.05, 4.69) is 17.4 Å². The monoisotopic (exact) mass is 267 g/mol. The van der Waals surface area contributed by atoms with Gasteiger partial charge in [0.25, 0.3) is 0 Å². The van der Waals surface area contributed by atoms with Crippen LogP contribution < -0.4 is 5.32 Å². The molecule has 102 valence electrons. The summed E-state index contributed by atoms with van der Waals surface area (Å²) in [5.74, 6) is -0.275. The van der Waals surface area contributed by atoms with Crippen LogP contribution in [0.4, 0.5) is 0 Å². The summed E-state index contributed by atoms with van der Waals surface area (Å²) in [5.41, 5.74) is 4.34. The summed E-state index contributed by atoms with van der Waals surface area (Å²) in [4.78, 5) is 11.6. The first-order valence-corrected chi connectivity index (χ1v) is 6.79. The van der Waals surface area contributed by atoms with Gasteiger partial charge in [0.15, 0.2) is 0 Å². The Morgan fingerprint density at radius 3 is 2.75 bits per heavy atom. The molecule has 0 unspecified atom stereocenters. The first kappa shape index (κ1) is 12.9. The number of esters is 1.